The lowest BCUT2D eigenvalue weighted by Crippen LogP contribution is -1.84. The molecule has 0 aliphatic carbocycles. The zero-order chi connectivity index (χ0) is 9.97. The summed E-state index contributed by atoms with van der Waals surface area (Å²) in [6.07, 6.45) is 3.32. The van der Waals surface area contributed by atoms with Crippen molar-refractivity contribution in [2.45, 2.75) is 0 Å². The summed E-state index contributed by atoms with van der Waals surface area (Å²) in [7, 11) is 0. The van der Waals surface area contributed by atoms with Crippen molar-refractivity contribution in [1.29, 1.82) is 5.26 Å². The lowest BCUT2D eigenvalue weighted by atomic mass is 10.2. The van der Waals surface area contributed by atoms with Gasteiger partial charge >= 0.3 is 0 Å². The average Bonchev–Trinajstić information content (AvgIpc) is 2.61. The van der Waals surface area contributed by atoms with Crippen LogP contribution in [0.25, 0.3) is 11.3 Å². The first-order valence-electron chi connectivity index (χ1n) is 3.88. The summed E-state index contributed by atoms with van der Waals surface area (Å²) in [5.74, 6) is 0. The van der Waals surface area contributed by atoms with Crippen molar-refractivity contribution in [3.05, 3.63) is 29.4 Å². The summed E-state index contributed by atoms with van der Waals surface area (Å²) >= 11 is 1.19. The van der Waals surface area contributed by atoms with Gasteiger partial charge in [-0.2, -0.15) is 5.26 Å². The van der Waals surface area contributed by atoms with E-state index < -0.39 is 0 Å². The summed E-state index contributed by atoms with van der Waals surface area (Å²) in [6.45, 7) is 0. The van der Waals surface area contributed by atoms with Gasteiger partial charge in [0, 0.05) is 18.0 Å². The number of nitrogens with zero attached hydrogens (tertiary/aromatic N) is 3. The molecule has 0 spiro atoms. The zero-order valence-electron chi connectivity index (χ0n) is 7.14. The largest absolute Gasteiger partial charge is 0.375 e. The lowest BCUT2D eigenvalue weighted by molar-refractivity contribution is 1.31. The van der Waals surface area contributed by atoms with E-state index in [0.717, 1.165) is 5.56 Å². The van der Waals surface area contributed by atoms with Crippen LogP contribution >= 0.6 is 11.3 Å². The molecular weight excluding hydrogens is 196 g/mol. The third-order valence-electron chi connectivity index (χ3n) is 1.70. The predicted molar refractivity (Wildman–Crippen MR) is 54.5 cm³/mol. The minimum atomic E-state index is 0.411. The Morgan fingerprint density at radius 3 is 2.71 bits per heavy atom. The minimum Gasteiger partial charge on any atom is -0.375 e. The fourth-order valence-corrected chi connectivity index (χ4v) is 1.77. The molecule has 0 amide bonds. The summed E-state index contributed by atoms with van der Waals surface area (Å²) < 4.78 is 0. The van der Waals surface area contributed by atoms with E-state index in [1.165, 1.54) is 11.3 Å². The summed E-state index contributed by atoms with van der Waals surface area (Å²) in [6, 6.07) is 5.67. The van der Waals surface area contributed by atoms with Gasteiger partial charge in [-0.1, -0.05) is 11.3 Å². The molecule has 5 heteroatoms. The van der Waals surface area contributed by atoms with Crippen LogP contribution < -0.4 is 5.73 Å². The van der Waals surface area contributed by atoms with Crippen LogP contribution in [0, 0.1) is 11.3 Å². The van der Waals surface area contributed by atoms with Crippen molar-refractivity contribution >= 4 is 16.5 Å². The molecule has 0 unspecified atom stereocenters. The Labute approximate surface area is 84.7 Å². The monoisotopic (exact) mass is 202 g/mol. The maximum absolute atomic E-state index is 8.84. The Morgan fingerprint density at radius 2 is 2.07 bits per heavy atom. The van der Waals surface area contributed by atoms with Crippen LogP contribution in [0.4, 0.5) is 5.13 Å². The van der Waals surface area contributed by atoms with Crippen molar-refractivity contribution in [3.63, 3.8) is 0 Å². The fourth-order valence-electron chi connectivity index (χ4n) is 1.12. The second-order valence-electron chi connectivity index (χ2n) is 2.58. The van der Waals surface area contributed by atoms with Crippen LogP contribution in [0.2, 0.25) is 0 Å². The van der Waals surface area contributed by atoms with E-state index in [-0.39, 0.29) is 0 Å². The molecule has 0 aromatic carbocycles. The van der Waals surface area contributed by atoms with Crippen molar-refractivity contribution in [2.24, 2.45) is 0 Å². The molecule has 4 nitrogen and oxygen atoms in total. The molecule has 14 heavy (non-hydrogen) atoms. The number of aromatic nitrogens is 2. The van der Waals surface area contributed by atoms with Gasteiger partial charge in [0.15, 0.2) is 5.13 Å². The van der Waals surface area contributed by atoms with Crippen LogP contribution in [0.15, 0.2) is 24.5 Å². The van der Waals surface area contributed by atoms with E-state index in [4.69, 9.17) is 11.0 Å². The molecular formula is C9H6N4S. The Hall–Kier alpha value is -1.93. The summed E-state index contributed by atoms with van der Waals surface area (Å²) in [4.78, 5) is 8.53. The standard InChI is InChI=1S/C9H6N4S/c10-5-7-8(13-9(11)14-7)6-1-3-12-4-2-6/h1-4H,(H2,11,13). The number of anilines is 1. The highest BCUT2D eigenvalue weighted by Gasteiger charge is 2.10. The summed E-state index contributed by atoms with van der Waals surface area (Å²) in [5.41, 5.74) is 7.03. The molecule has 0 radical (unpaired) electrons. The predicted octanol–water partition coefficient (Wildman–Crippen LogP) is 1.66. The second kappa shape index (κ2) is 3.44. The normalized spacial score (nSPS) is 9.64. The highest BCUT2D eigenvalue weighted by atomic mass is 32.1. The number of thiazole rings is 1. The van der Waals surface area contributed by atoms with E-state index in [9.17, 15) is 0 Å². The summed E-state index contributed by atoms with van der Waals surface area (Å²) in [5, 5.41) is 9.25. The molecule has 0 fully saturated rings. The highest BCUT2D eigenvalue weighted by molar-refractivity contribution is 7.16. The van der Waals surface area contributed by atoms with E-state index in [1.807, 2.05) is 0 Å². The van der Waals surface area contributed by atoms with Crippen LogP contribution in [0.1, 0.15) is 4.88 Å². The lowest BCUT2D eigenvalue weighted by Gasteiger charge is -1.94. The number of hydrogen-bond acceptors (Lipinski definition) is 5. The molecule has 0 aliphatic heterocycles. The van der Waals surface area contributed by atoms with Gasteiger partial charge in [0.2, 0.25) is 0 Å². The Balaban J connectivity index is 2.58. The van der Waals surface area contributed by atoms with Crippen molar-refractivity contribution in [3.8, 4) is 17.3 Å². The Kier molecular flexibility index (Phi) is 2.13. The van der Waals surface area contributed by atoms with Crippen molar-refractivity contribution in [2.75, 3.05) is 5.73 Å². The zero-order valence-corrected chi connectivity index (χ0v) is 7.95. The molecule has 0 aliphatic rings. The highest BCUT2D eigenvalue weighted by Crippen LogP contribution is 2.28. The Bertz CT molecular complexity index is 483. The van der Waals surface area contributed by atoms with Gasteiger partial charge in [0.05, 0.1) is 0 Å². The number of pyridine rings is 1. The van der Waals surface area contributed by atoms with Crippen LogP contribution in [-0.2, 0) is 0 Å². The number of nitriles is 1. The maximum Gasteiger partial charge on any atom is 0.181 e. The van der Waals surface area contributed by atoms with Crippen molar-refractivity contribution < 1.29 is 0 Å². The van der Waals surface area contributed by atoms with E-state index in [2.05, 4.69) is 16.0 Å². The Morgan fingerprint density at radius 1 is 1.36 bits per heavy atom. The third-order valence-corrected chi connectivity index (χ3v) is 2.49. The molecule has 2 aromatic heterocycles. The van der Waals surface area contributed by atoms with Crippen LogP contribution in [-0.4, -0.2) is 9.97 Å². The molecule has 2 N–H and O–H groups in total. The van der Waals surface area contributed by atoms with Gasteiger partial charge < -0.3 is 5.73 Å². The molecule has 0 atom stereocenters. The van der Waals surface area contributed by atoms with E-state index in [0.29, 0.717) is 15.7 Å². The molecule has 0 saturated carbocycles. The SMILES string of the molecule is N#Cc1sc(N)nc1-c1ccncc1. The van der Waals surface area contributed by atoms with Gasteiger partial charge in [-0.15, -0.1) is 0 Å². The first-order valence-corrected chi connectivity index (χ1v) is 4.69. The first kappa shape index (κ1) is 8.66. The van der Waals surface area contributed by atoms with Gasteiger partial charge in [0.1, 0.15) is 16.6 Å². The topological polar surface area (TPSA) is 75.6 Å². The average molecular weight is 202 g/mol. The van der Waals surface area contributed by atoms with Gasteiger partial charge in [-0.25, -0.2) is 4.98 Å². The maximum atomic E-state index is 8.84. The van der Waals surface area contributed by atoms with Crippen LogP contribution in [0.5, 0.6) is 0 Å². The van der Waals surface area contributed by atoms with Crippen molar-refractivity contribution in [1.82, 2.24) is 9.97 Å². The van der Waals surface area contributed by atoms with Crippen LogP contribution in [0.3, 0.4) is 0 Å². The van der Waals surface area contributed by atoms with Gasteiger partial charge in [-0.3, -0.25) is 4.98 Å². The molecule has 68 valence electrons. The van der Waals surface area contributed by atoms with Gasteiger partial charge in [-0.05, 0) is 12.1 Å². The number of hydrogen-bond donors (Lipinski definition) is 1. The van der Waals surface area contributed by atoms with E-state index >= 15 is 0 Å². The molecule has 2 heterocycles. The number of rotatable bonds is 1. The molecule has 2 aromatic rings. The molecule has 2 rings (SSSR count). The quantitative estimate of drug-likeness (QED) is 0.763. The fraction of sp³-hybridized carbons (Fsp3) is 0. The van der Waals surface area contributed by atoms with E-state index in [1.54, 1.807) is 24.5 Å². The third kappa shape index (κ3) is 1.43. The number of nitrogen functional groups attached to an aromatic ring is 1. The van der Waals surface area contributed by atoms with Gasteiger partial charge in [0.25, 0.3) is 0 Å². The minimum absolute atomic E-state index is 0.411. The molecule has 0 saturated heterocycles. The molecule has 0 bridgehead atoms. The number of nitrogens with two attached hydrogens (primary N) is 1. The second-order valence-corrected chi connectivity index (χ2v) is 3.61. The smallest absolute Gasteiger partial charge is 0.181 e. The first-order chi connectivity index (χ1) is 6.81.